The van der Waals surface area contributed by atoms with Crippen LogP contribution < -0.4 is 10.6 Å². The molecule has 2 amide bonds. The van der Waals surface area contributed by atoms with Crippen molar-refractivity contribution < 1.29 is 9.59 Å². The lowest BCUT2D eigenvalue weighted by molar-refractivity contribution is -0.116. The number of amides is 2. The van der Waals surface area contributed by atoms with Gasteiger partial charge in [-0.3, -0.25) is 9.59 Å². The van der Waals surface area contributed by atoms with Crippen LogP contribution in [0.5, 0.6) is 0 Å². The minimum atomic E-state index is -0.306. The molecule has 2 heterocycles. The van der Waals surface area contributed by atoms with Gasteiger partial charge in [0.25, 0.3) is 11.8 Å². The van der Waals surface area contributed by atoms with Crippen LogP contribution in [0.4, 0.5) is 0 Å². The molecule has 6 aromatic rings. The second kappa shape index (κ2) is 18.7. The van der Waals surface area contributed by atoms with E-state index in [9.17, 15) is 9.59 Å². The maximum absolute atomic E-state index is 13.6. The van der Waals surface area contributed by atoms with Crippen LogP contribution >= 0.6 is 58.2 Å². The maximum atomic E-state index is 13.6. The van der Waals surface area contributed by atoms with Crippen molar-refractivity contribution in [3.05, 3.63) is 155 Å². The highest BCUT2D eigenvalue weighted by Gasteiger charge is 2.21. The molecule has 0 saturated heterocycles. The first kappa shape index (κ1) is 39.9. The highest BCUT2D eigenvalue weighted by atomic mass is 35.5. The van der Waals surface area contributed by atoms with Gasteiger partial charge in [-0.25, -0.2) is 9.97 Å². The predicted octanol–water partition coefficient (Wildman–Crippen LogP) is 10.6. The molecule has 8 nitrogen and oxygen atoms in total. The van der Waals surface area contributed by atoms with E-state index in [2.05, 4.69) is 33.8 Å². The monoisotopic (exact) mass is 828 g/mol. The summed E-state index contributed by atoms with van der Waals surface area (Å²) in [5.41, 5.74) is 4.82. The summed E-state index contributed by atoms with van der Waals surface area (Å²) in [7, 11) is 0. The van der Waals surface area contributed by atoms with Crippen LogP contribution in [-0.4, -0.2) is 44.0 Å². The summed E-state index contributed by atoms with van der Waals surface area (Å²) >= 11 is 27.1. The van der Waals surface area contributed by atoms with Crippen LogP contribution in [0.1, 0.15) is 24.0 Å². The Balaban J connectivity index is 1.32. The third kappa shape index (κ3) is 10.3. The zero-order valence-electron chi connectivity index (χ0n) is 29.6. The zero-order chi connectivity index (χ0) is 38.9. The number of hydrogen-bond donors (Lipinski definition) is 2. The predicted molar refractivity (Wildman–Crippen MR) is 226 cm³/mol. The van der Waals surface area contributed by atoms with E-state index in [1.54, 1.807) is 49.3 Å². The van der Waals surface area contributed by atoms with Gasteiger partial charge in [0, 0.05) is 114 Å². The van der Waals surface area contributed by atoms with E-state index in [4.69, 9.17) is 46.4 Å². The van der Waals surface area contributed by atoms with Crippen LogP contribution in [0.2, 0.25) is 20.1 Å². The van der Waals surface area contributed by atoms with Gasteiger partial charge in [0.2, 0.25) is 0 Å². The first-order valence-corrected chi connectivity index (χ1v) is 19.6. The molecule has 0 aliphatic heterocycles. The number of rotatable bonds is 16. The Labute approximate surface area is 344 Å². The summed E-state index contributed by atoms with van der Waals surface area (Å²) in [5.74, 6) is -0.612. The van der Waals surface area contributed by atoms with Gasteiger partial charge in [-0.15, -0.1) is 0 Å². The molecule has 55 heavy (non-hydrogen) atoms. The molecule has 0 fully saturated rings. The molecular weight excluding hydrogens is 794 g/mol. The van der Waals surface area contributed by atoms with Gasteiger partial charge in [-0.1, -0.05) is 95.6 Å². The third-order valence-corrected chi connectivity index (χ3v) is 11.0. The highest BCUT2D eigenvalue weighted by molar-refractivity contribution is 7.99. The van der Waals surface area contributed by atoms with Gasteiger partial charge in [-0.2, -0.15) is 0 Å². The minimum Gasteiger partial charge on any atom is -0.352 e. The van der Waals surface area contributed by atoms with E-state index < -0.39 is 0 Å². The van der Waals surface area contributed by atoms with Crippen molar-refractivity contribution >= 4 is 81.1 Å². The van der Waals surface area contributed by atoms with E-state index in [1.807, 2.05) is 70.1 Å². The Morgan fingerprint density at radius 2 is 1.05 bits per heavy atom. The van der Waals surface area contributed by atoms with Crippen LogP contribution in [0.15, 0.2) is 133 Å². The topological polar surface area (TPSA) is 93.8 Å². The Morgan fingerprint density at radius 1 is 0.618 bits per heavy atom. The van der Waals surface area contributed by atoms with E-state index in [-0.39, 0.29) is 23.0 Å². The third-order valence-electron chi connectivity index (χ3n) is 8.74. The summed E-state index contributed by atoms with van der Waals surface area (Å²) < 4.78 is 3.91. The molecule has 0 radical (unpaired) electrons. The van der Waals surface area contributed by atoms with Crippen LogP contribution in [0, 0.1) is 0 Å². The van der Waals surface area contributed by atoms with Crippen LogP contribution in [0.25, 0.3) is 33.4 Å². The van der Waals surface area contributed by atoms with Crippen LogP contribution in [0.3, 0.4) is 0 Å². The first-order chi connectivity index (χ1) is 26.6. The minimum absolute atomic E-state index is 0.276. The molecule has 13 heteroatoms. The van der Waals surface area contributed by atoms with Gasteiger partial charge in [-0.05, 0) is 72.5 Å². The number of hydrogen-bond acceptors (Lipinski definition) is 5. The van der Waals surface area contributed by atoms with E-state index in [0.717, 1.165) is 32.0 Å². The molecule has 0 saturated carbocycles. The van der Waals surface area contributed by atoms with E-state index >= 15 is 0 Å². The fraction of sp³-hybridized carbons (Fsp3) is 0.143. The average molecular weight is 831 g/mol. The van der Waals surface area contributed by atoms with Gasteiger partial charge in [0.15, 0.2) is 0 Å². The van der Waals surface area contributed by atoms with Crippen molar-refractivity contribution in [2.75, 3.05) is 13.1 Å². The summed E-state index contributed by atoms with van der Waals surface area (Å²) in [4.78, 5) is 36.8. The molecule has 4 aromatic carbocycles. The second-order valence-electron chi connectivity index (χ2n) is 12.5. The van der Waals surface area contributed by atoms with Crippen molar-refractivity contribution in [3.8, 4) is 22.3 Å². The molecule has 0 atom stereocenters. The average Bonchev–Trinajstić information content (AvgIpc) is 3.90. The van der Waals surface area contributed by atoms with Gasteiger partial charge in [0.1, 0.15) is 0 Å². The van der Waals surface area contributed by atoms with Gasteiger partial charge >= 0.3 is 0 Å². The quantitative estimate of drug-likeness (QED) is 0.0749. The summed E-state index contributed by atoms with van der Waals surface area (Å²) in [6.07, 6.45) is 12.1. The molecule has 6 rings (SSSR count). The number of imidazole rings is 2. The number of aryl methyl sites for hydroxylation is 2. The van der Waals surface area contributed by atoms with Crippen molar-refractivity contribution in [1.82, 2.24) is 29.7 Å². The molecule has 0 aliphatic rings. The molecular formula is C42H36Cl4N6O2S. The number of aromatic nitrogens is 4. The normalized spacial score (nSPS) is 11.0. The zero-order valence-corrected chi connectivity index (χ0v) is 33.4. The molecule has 0 unspecified atom stereocenters. The highest BCUT2D eigenvalue weighted by Crippen LogP contribution is 2.42. The molecule has 0 spiro atoms. The molecule has 2 N–H and O–H groups in total. The lowest BCUT2D eigenvalue weighted by Gasteiger charge is -2.18. The number of nitrogens with zero attached hydrogens (tertiary/aromatic N) is 4. The SMILES string of the molecule is C=C(C(=O)NCCCn1ccnc1)c1cc(-c2ccc(Cl)cc2Cl)ccc1Sc1ccc(-c2ccc(Cl)cc2Cl)cc1C(=C)C(=O)NCCCn1ccnc1. The number of benzene rings is 4. The van der Waals surface area contributed by atoms with Crippen molar-refractivity contribution in [1.29, 1.82) is 0 Å². The lowest BCUT2D eigenvalue weighted by Crippen LogP contribution is -2.26. The van der Waals surface area contributed by atoms with Crippen molar-refractivity contribution in [3.63, 3.8) is 0 Å². The summed E-state index contributed by atoms with van der Waals surface area (Å²) in [6.45, 7) is 10.8. The van der Waals surface area contributed by atoms with Crippen molar-refractivity contribution in [2.45, 2.75) is 35.7 Å². The molecule has 2 aromatic heterocycles. The summed E-state index contributed by atoms with van der Waals surface area (Å²) in [6, 6.07) is 22.1. The van der Waals surface area contributed by atoms with Crippen molar-refractivity contribution in [2.24, 2.45) is 0 Å². The van der Waals surface area contributed by atoms with Crippen LogP contribution in [-0.2, 0) is 22.7 Å². The maximum Gasteiger partial charge on any atom is 0.251 e. The number of carbonyl (C=O) groups excluding carboxylic acids is 2. The molecule has 0 aliphatic carbocycles. The van der Waals surface area contributed by atoms with E-state index in [0.29, 0.717) is 70.2 Å². The fourth-order valence-electron chi connectivity index (χ4n) is 5.83. The number of nitrogens with one attached hydrogen (secondary N) is 2. The van der Waals surface area contributed by atoms with E-state index in [1.165, 1.54) is 11.8 Å². The molecule has 280 valence electrons. The number of halogens is 4. The van der Waals surface area contributed by atoms with Gasteiger partial charge < -0.3 is 19.8 Å². The Morgan fingerprint density at radius 3 is 1.44 bits per heavy atom. The summed E-state index contributed by atoms with van der Waals surface area (Å²) in [5, 5.41) is 7.98. The largest absolute Gasteiger partial charge is 0.352 e. The Hall–Kier alpha value is -4.77. The smallest absolute Gasteiger partial charge is 0.251 e. The lowest BCUT2D eigenvalue weighted by atomic mass is 9.99. The molecule has 0 bridgehead atoms. The Bertz CT molecular complexity index is 2180. The second-order valence-corrected chi connectivity index (χ2v) is 15.3. The number of carbonyl (C=O) groups is 2. The Kier molecular flexibility index (Phi) is 13.6. The van der Waals surface area contributed by atoms with Gasteiger partial charge in [0.05, 0.1) is 12.7 Å². The first-order valence-electron chi connectivity index (χ1n) is 17.3. The standard InChI is InChI=1S/C42H36Cl4N6O2S/c1-27(41(53)49-13-3-17-51-19-15-47-25-51)35-21-29(33-9-7-31(43)23-37(33)45)5-11-39(35)55-40-12-6-30(34-10-8-32(44)24-38(34)46)22-36(40)28(2)42(54)50-14-4-18-52-20-16-48-26-52/h5-12,15-16,19-26H,1-4,13-14,17-18H2,(H,49,53)(H,50,54). The fourth-order valence-corrected chi connectivity index (χ4v) is 7.96.